The maximum Gasteiger partial charge on any atom is 0.255 e. The van der Waals surface area contributed by atoms with E-state index in [-0.39, 0.29) is 11.9 Å². The van der Waals surface area contributed by atoms with Gasteiger partial charge in [-0.3, -0.25) is 4.79 Å². The van der Waals surface area contributed by atoms with E-state index in [0.29, 0.717) is 24.0 Å². The zero-order chi connectivity index (χ0) is 18.5. The molecule has 26 heavy (non-hydrogen) atoms. The number of anilines is 1. The summed E-state index contributed by atoms with van der Waals surface area (Å²) in [5.41, 5.74) is 1.29. The van der Waals surface area contributed by atoms with E-state index in [0.717, 1.165) is 37.8 Å². The normalized spacial score (nSPS) is 15.1. The van der Waals surface area contributed by atoms with Gasteiger partial charge in [0, 0.05) is 25.3 Å². The molecule has 1 aromatic carbocycles. The number of hydrogen-bond donors (Lipinski definition) is 1. The number of carbonyl (C=O) groups excluding carboxylic acids is 1. The zero-order valence-corrected chi connectivity index (χ0v) is 14.8. The van der Waals surface area contributed by atoms with E-state index in [4.69, 9.17) is 0 Å². The second-order valence-electron chi connectivity index (χ2n) is 6.73. The van der Waals surface area contributed by atoms with Crippen LogP contribution in [0.5, 0.6) is 0 Å². The maximum atomic E-state index is 13.3. The molecule has 3 rings (SSSR count). The third kappa shape index (κ3) is 4.36. The van der Waals surface area contributed by atoms with E-state index >= 15 is 0 Å². The molecule has 1 aliphatic rings. The van der Waals surface area contributed by atoms with Crippen LogP contribution in [0, 0.1) is 11.6 Å². The van der Waals surface area contributed by atoms with Gasteiger partial charge < -0.3 is 10.2 Å². The van der Waals surface area contributed by atoms with Crippen molar-refractivity contribution < 1.29 is 13.6 Å². The Morgan fingerprint density at radius 2 is 2.00 bits per heavy atom. The third-order valence-corrected chi connectivity index (χ3v) is 4.66. The lowest BCUT2D eigenvalue weighted by molar-refractivity contribution is 0.0938. The van der Waals surface area contributed by atoms with E-state index in [1.54, 1.807) is 24.4 Å². The fraction of sp³-hybridized carbons (Fsp3) is 0.400. The number of pyridine rings is 1. The summed E-state index contributed by atoms with van der Waals surface area (Å²) in [6, 6.07) is 7.36. The fourth-order valence-corrected chi connectivity index (χ4v) is 3.21. The summed E-state index contributed by atoms with van der Waals surface area (Å²) in [6.07, 6.45) is 5.13. The number of aryl methyl sites for hydroxylation is 1. The minimum Gasteiger partial charge on any atom is -0.356 e. The van der Waals surface area contributed by atoms with Crippen molar-refractivity contribution in [2.24, 2.45) is 0 Å². The number of halogens is 2. The van der Waals surface area contributed by atoms with E-state index < -0.39 is 11.6 Å². The van der Waals surface area contributed by atoms with Crippen molar-refractivity contribution in [3.05, 3.63) is 59.3 Å². The Kier molecular flexibility index (Phi) is 5.81. The Morgan fingerprint density at radius 3 is 2.73 bits per heavy atom. The number of benzene rings is 1. The van der Waals surface area contributed by atoms with Gasteiger partial charge in [-0.15, -0.1) is 0 Å². The van der Waals surface area contributed by atoms with Crippen molar-refractivity contribution in [3.63, 3.8) is 0 Å². The monoisotopic (exact) mass is 359 g/mol. The number of amides is 1. The molecule has 138 valence electrons. The van der Waals surface area contributed by atoms with E-state index in [9.17, 15) is 13.6 Å². The maximum absolute atomic E-state index is 13.3. The molecule has 1 atom stereocenters. The Bertz CT molecular complexity index is 775. The number of carbonyl (C=O) groups is 1. The SMILES string of the molecule is CC(CCc1ccc(F)c(F)c1)NC(=O)c1cccnc1N1CCCC1. The quantitative estimate of drug-likeness (QED) is 0.855. The Morgan fingerprint density at radius 1 is 1.23 bits per heavy atom. The average molecular weight is 359 g/mol. The van der Waals surface area contributed by atoms with Gasteiger partial charge in [-0.2, -0.15) is 0 Å². The van der Waals surface area contributed by atoms with Crippen LogP contribution in [0.3, 0.4) is 0 Å². The first-order valence-electron chi connectivity index (χ1n) is 8.99. The molecule has 2 aromatic rings. The summed E-state index contributed by atoms with van der Waals surface area (Å²) in [5, 5.41) is 2.98. The molecule has 0 radical (unpaired) electrons. The van der Waals surface area contributed by atoms with Gasteiger partial charge in [0.1, 0.15) is 5.82 Å². The van der Waals surface area contributed by atoms with Gasteiger partial charge in [0.05, 0.1) is 5.56 Å². The van der Waals surface area contributed by atoms with E-state index in [1.807, 2.05) is 6.92 Å². The average Bonchev–Trinajstić information content (AvgIpc) is 3.17. The molecule has 1 aliphatic heterocycles. The van der Waals surface area contributed by atoms with Gasteiger partial charge in [0.2, 0.25) is 0 Å². The van der Waals surface area contributed by atoms with Gasteiger partial charge in [-0.05, 0) is 62.4 Å². The molecule has 0 aliphatic carbocycles. The standard InChI is InChI=1S/C20H23F2N3O/c1-14(6-7-15-8-9-17(21)18(22)13-15)24-20(26)16-5-4-10-23-19(16)25-11-2-3-12-25/h4-5,8-10,13-14H,2-3,6-7,11-12H2,1H3,(H,24,26). The summed E-state index contributed by atoms with van der Waals surface area (Å²) in [6.45, 7) is 3.75. The summed E-state index contributed by atoms with van der Waals surface area (Å²) in [5.74, 6) is -1.11. The predicted molar refractivity (Wildman–Crippen MR) is 97.3 cm³/mol. The van der Waals surface area contributed by atoms with Crippen LogP contribution in [0.15, 0.2) is 36.5 Å². The molecular formula is C20H23F2N3O. The molecule has 1 unspecified atom stereocenters. The van der Waals surface area contributed by atoms with Crippen molar-refractivity contribution >= 4 is 11.7 Å². The molecule has 1 N–H and O–H groups in total. The number of nitrogens with zero attached hydrogens (tertiary/aromatic N) is 2. The van der Waals surface area contributed by atoms with Crippen LogP contribution in [-0.2, 0) is 6.42 Å². The van der Waals surface area contributed by atoms with Gasteiger partial charge in [0.15, 0.2) is 11.6 Å². The summed E-state index contributed by atoms with van der Waals surface area (Å²) in [7, 11) is 0. The molecule has 2 heterocycles. The highest BCUT2D eigenvalue weighted by Crippen LogP contribution is 2.22. The van der Waals surface area contributed by atoms with Crippen molar-refractivity contribution in [3.8, 4) is 0 Å². The van der Waals surface area contributed by atoms with Crippen LogP contribution in [0.2, 0.25) is 0 Å². The molecule has 1 saturated heterocycles. The highest BCUT2D eigenvalue weighted by Gasteiger charge is 2.21. The second-order valence-corrected chi connectivity index (χ2v) is 6.73. The number of aromatic nitrogens is 1. The third-order valence-electron chi connectivity index (χ3n) is 4.66. The number of hydrogen-bond acceptors (Lipinski definition) is 3. The molecule has 1 amide bonds. The molecule has 0 bridgehead atoms. The predicted octanol–water partition coefficient (Wildman–Crippen LogP) is 3.71. The lowest BCUT2D eigenvalue weighted by Gasteiger charge is -2.20. The number of nitrogens with one attached hydrogen (secondary N) is 1. The molecule has 4 nitrogen and oxygen atoms in total. The molecule has 1 aromatic heterocycles. The number of rotatable bonds is 6. The molecular weight excluding hydrogens is 336 g/mol. The largest absolute Gasteiger partial charge is 0.356 e. The topological polar surface area (TPSA) is 45.2 Å². The van der Waals surface area contributed by atoms with Crippen LogP contribution >= 0.6 is 0 Å². The van der Waals surface area contributed by atoms with Gasteiger partial charge in [0.25, 0.3) is 5.91 Å². The van der Waals surface area contributed by atoms with Gasteiger partial charge in [-0.25, -0.2) is 13.8 Å². The van der Waals surface area contributed by atoms with Crippen molar-refractivity contribution in [1.29, 1.82) is 0 Å². The lowest BCUT2D eigenvalue weighted by atomic mass is 10.1. The van der Waals surface area contributed by atoms with Crippen molar-refractivity contribution in [1.82, 2.24) is 10.3 Å². The molecule has 0 spiro atoms. The van der Waals surface area contributed by atoms with Crippen LogP contribution in [-0.4, -0.2) is 30.0 Å². The second kappa shape index (κ2) is 8.25. The lowest BCUT2D eigenvalue weighted by Crippen LogP contribution is -2.34. The summed E-state index contributed by atoms with van der Waals surface area (Å²) < 4.78 is 26.3. The van der Waals surface area contributed by atoms with Gasteiger partial charge >= 0.3 is 0 Å². The smallest absolute Gasteiger partial charge is 0.255 e. The first-order chi connectivity index (χ1) is 12.5. The molecule has 6 heteroatoms. The van der Waals surface area contributed by atoms with Crippen molar-refractivity contribution in [2.45, 2.75) is 38.6 Å². The first-order valence-corrected chi connectivity index (χ1v) is 8.99. The van der Waals surface area contributed by atoms with Crippen LogP contribution in [0.25, 0.3) is 0 Å². The van der Waals surface area contributed by atoms with Crippen LogP contribution in [0.1, 0.15) is 42.1 Å². The minimum atomic E-state index is -0.846. The van der Waals surface area contributed by atoms with Crippen LogP contribution < -0.4 is 10.2 Å². The van der Waals surface area contributed by atoms with E-state index in [1.165, 1.54) is 6.07 Å². The van der Waals surface area contributed by atoms with E-state index in [2.05, 4.69) is 15.2 Å². The van der Waals surface area contributed by atoms with Crippen molar-refractivity contribution in [2.75, 3.05) is 18.0 Å². The van der Waals surface area contributed by atoms with Gasteiger partial charge in [-0.1, -0.05) is 6.07 Å². The molecule has 0 saturated carbocycles. The Labute approximate surface area is 152 Å². The minimum absolute atomic E-state index is 0.0951. The highest BCUT2D eigenvalue weighted by atomic mass is 19.2. The first kappa shape index (κ1) is 18.3. The zero-order valence-electron chi connectivity index (χ0n) is 14.8. The Balaban J connectivity index is 1.60. The Hall–Kier alpha value is -2.50. The molecule has 1 fully saturated rings. The highest BCUT2D eigenvalue weighted by molar-refractivity contribution is 5.99. The fourth-order valence-electron chi connectivity index (χ4n) is 3.21. The summed E-state index contributed by atoms with van der Waals surface area (Å²) in [4.78, 5) is 19.2. The summed E-state index contributed by atoms with van der Waals surface area (Å²) >= 11 is 0. The van der Waals surface area contributed by atoms with Crippen LogP contribution in [0.4, 0.5) is 14.6 Å².